The molecule has 0 aromatic rings. The number of thiol groups is 1. The average molecular weight is 232 g/mol. The van der Waals surface area contributed by atoms with Gasteiger partial charge in [-0.15, -0.1) is 0 Å². The van der Waals surface area contributed by atoms with Crippen molar-refractivity contribution in [3.8, 4) is 0 Å². The molecule has 1 N–H and O–H groups in total. The van der Waals surface area contributed by atoms with Crippen molar-refractivity contribution in [2.24, 2.45) is 0 Å². The van der Waals surface area contributed by atoms with Gasteiger partial charge in [0.05, 0.1) is 5.75 Å². The van der Waals surface area contributed by atoms with Crippen LogP contribution in [0.15, 0.2) is 0 Å². The molecule has 0 saturated carbocycles. The summed E-state index contributed by atoms with van der Waals surface area (Å²) in [4.78, 5) is 10.9. The van der Waals surface area contributed by atoms with E-state index in [2.05, 4.69) is 27.7 Å². The van der Waals surface area contributed by atoms with Crippen LogP contribution in [0.5, 0.6) is 0 Å². The van der Waals surface area contributed by atoms with Crippen molar-refractivity contribution >= 4 is 44.7 Å². The van der Waals surface area contributed by atoms with Crippen molar-refractivity contribution in [2.45, 2.75) is 27.7 Å². The molecule has 0 aromatic heterocycles. The van der Waals surface area contributed by atoms with Gasteiger partial charge in [0, 0.05) is 0 Å². The monoisotopic (exact) mass is 232 g/mol. The first kappa shape index (κ1) is 17.2. The molecule has 0 heterocycles. The normalized spacial score (nSPS) is 13.9. The van der Waals surface area contributed by atoms with E-state index in [1.165, 1.54) is 0 Å². The van der Waals surface area contributed by atoms with E-state index in [4.69, 9.17) is 5.11 Å². The van der Waals surface area contributed by atoms with Crippen LogP contribution < -0.4 is 0 Å². The first-order chi connectivity index (χ1) is 5.97. The van der Waals surface area contributed by atoms with Gasteiger partial charge in [-0.05, 0) is 23.0 Å². The van der Waals surface area contributed by atoms with Gasteiger partial charge in [0.25, 0.3) is 0 Å². The molecule has 0 saturated heterocycles. The quantitative estimate of drug-likeness (QED) is 0.539. The molecule has 0 fully saturated rings. The van der Waals surface area contributed by atoms with Gasteiger partial charge in [0.1, 0.15) is 0 Å². The first-order valence-corrected chi connectivity index (χ1v) is 8.35. The second-order valence-electron chi connectivity index (χ2n) is 4.05. The Labute approximate surface area is 110 Å². The maximum atomic E-state index is 10.9. The Morgan fingerprint density at radius 2 is 1.29 bits per heavy atom. The third-order valence-electron chi connectivity index (χ3n) is 4.16. The minimum absolute atomic E-state index is 0. The fourth-order valence-electron chi connectivity index (χ4n) is 2.17. The van der Waals surface area contributed by atoms with Gasteiger partial charge in [-0.3, -0.25) is 14.0 Å². The number of carboxylic acids is 1. The summed E-state index contributed by atoms with van der Waals surface area (Å²) >= 11 is 0. The zero-order chi connectivity index (χ0) is 10.6. The van der Waals surface area contributed by atoms with Gasteiger partial charge in [0.2, 0.25) is 0 Å². The molecular weight excluding hydrogens is 207 g/mol. The molecule has 0 bridgehead atoms. The van der Waals surface area contributed by atoms with Crippen molar-refractivity contribution in [3.05, 3.63) is 0 Å². The van der Waals surface area contributed by atoms with E-state index >= 15 is 0 Å². The Kier molecular flexibility index (Phi) is 7.89. The Morgan fingerprint density at radius 3 is 1.36 bits per heavy atom. The zero-order valence-electron chi connectivity index (χ0n) is 9.34. The number of aliphatic carboxylic acids is 1. The Bertz CT molecular complexity index is 167. The van der Waals surface area contributed by atoms with E-state index in [0.717, 1.165) is 23.0 Å². The van der Waals surface area contributed by atoms with E-state index in [-0.39, 0.29) is 29.6 Å². The SMILES string of the molecule is CC[SH](CC)(CC)(CC)CC(=O)O.[NaH]. The van der Waals surface area contributed by atoms with Gasteiger partial charge in [-0.25, -0.2) is 0 Å². The van der Waals surface area contributed by atoms with Crippen LogP contribution in [-0.4, -0.2) is 69.4 Å². The topological polar surface area (TPSA) is 37.3 Å². The van der Waals surface area contributed by atoms with Crippen LogP contribution >= 0.6 is 9.16 Å². The molecule has 0 aliphatic rings. The molecular formula is C10H25NaO2S. The van der Waals surface area contributed by atoms with E-state index in [1.54, 1.807) is 0 Å². The molecule has 0 atom stereocenters. The second kappa shape index (κ2) is 6.41. The minimum atomic E-state index is -1.87. The second-order valence-corrected chi connectivity index (χ2v) is 11.4. The van der Waals surface area contributed by atoms with E-state index in [1.807, 2.05) is 0 Å². The summed E-state index contributed by atoms with van der Waals surface area (Å²) in [6.45, 7) is 8.66. The number of hydrogen-bond acceptors (Lipinski definition) is 1. The van der Waals surface area contributed by atoms with Crippen LogP contribution in [-0.2, 0) is 4.79 Å². The fourth-order valence-corrected chi connectivity index (χ4v) is 6.51. The fraction of sp³-hybridized carbons (Fsp3) is 0.900. The molecule has 0 rings (SSSR count). The van der Waals surface area contributed by atoms with Gasteiger partial charge < -0.3 is 5.11 Å². The summed E-state index contributed by atoms with van der Waals surface area (Å²) in [6, 6.07) is 0. The standard InChI is InChI=1S/C10H24O2S.Na.H/c1-5-13(6-2,7-3,8-4)9-10(11)12;;/h13H,5-9H2,1-4H3,(H,11,12);;. The van der Waals surface area contributed by atoms with Crippen LogP contribution in [0.3, 0.4) is 0 Å². The molecule has 4 heteroatoms. The van der Waals surface area contributed by atoms with Crippen LogP contribution in [0.2, 0.25) is 0 Å². The molecule has 0 aromatic carbocycles. The summed E-state index contributed by atoms with van der Waals surface area (Å²) in [7, 11) is -1.87. The molecule has 0 aliphatic carbocycles. The van der Waals surface area contributed by atoms with Crippen molar-refractivity contribution in [2.75, 3.05) is 28.8 Å². The molecule has 0 spiro atoms. The van der Waals surface area contributed by atoms with Gasteiger partial charge in [-0.1, -0.05) is 27.7 Å². The first-order valence-electron chi connectivity index (χ1n) is 5.19. The summed E-state index contributed by atoms with van der Waals surface area (Å²) in [6.07, 6.45) is 0. The summed E-state index contributed by atoms with van der Waals surface area (Å²) in [5.41, 5.74) is 0. The van der Waals surface area contributed by atoms with Crippen LogP contribution in [0.1, 0.15) is 27.7 Å². The van der Waals surface area contributed by atoms with Crippen LogP contribution in [0, 0.1) is 0 Å². The Balaban J connectivity index is 0. The summed E-state index contributed by atoms with van der Waals surface area (Å²) in [5, 5.41) is 8.97. The number of carbonyl (C=O) groups is 1. The third-order valence-corrected chi connectivity index (χ3v) is 12.5. The third kappa shape index (κ3) is 3.44. The molecule has 84 valence electrons. The van der Waals surface area contributed by atoms with Crippen molar-refractivity contribution in [1.29, 1.82) is 0 Å². The van der Waals surface area contributed by atoms with Crippen molar-refractivity contribution < 1.29 is 9.90 Å². The number of carboxylic acid groups (broad SMARTS) is 1. The average Bonchev–Trinajstić information content (AvgIpc) is 2.15. The van der Waals surface area contributed by atoms with E-state index in [9.17, 15) is 4.79 Å². The summed E-state index contributed by atoms with van der Waals surface area (Å²) < 4.78 is 0. The van der Waals surface area contributed by atoms with E-state index in [0.29, 0.717) is 5.75 Å². The van der Waals surface area contributed by atoms with Crippen LogP contribution in [0.25, 0.3) is 0 Å². The zero-order valence-corrected chi connectivity index (χ0v) is 10.2. The van der Waals surface area contributed by atoms with Gasteiger partial charge in [-0.2, -0.15) is 0 Å². The van der Waals surface area contributed by atoms with Gasteiger partial charge >= 0.3 is 35.5 Å². The van der Waals surface area contributed by atoms with Crippen molar-refractivity contribution in [3.63, 3.8) is 0 Å². The molecule has 2 nitrogen and oxygen atoms in total. The molecule has 0 amide bonds. The maximum absolute atomic E-state index is 10.9. The Morgan fingerprint density at radius 1 is 1.00 bits per heavy atom. The van der Waals surface area contributed by atoms with E-state index < -0.39 is 15.1 Å². The predicted octanol–water partition coefficient (Wildman–Crippen LogP) is 1.57. The molecule has 14 heavy (non-hydrogen) atoms. The number of hydrogen-bond donors (Lipinski definition) is 2. The molecule has 0 radical (unpaired) electrons. The van der Waals surface area contributed by atoms with Crippen molar-refractivity contribution in [1.82, 2.24) is 0 Å². The van der Waals surface area contributed by atoms with Gasteiger partial charge in [0.15, 0.2) is 0 Å². The molecule has 0 aliphatic heterocycles. The van der Waals surface area contributed by atoms with Crippen LogP contribution in [0.4, 0.5) is 0 Å². The Hall–Kier alpha value is 0.820. The summed E-state index contributed by atoms with van der Waals surface area (Å²) in [5.74, 6) is 4.17. The molecule has 0 unspecified atom stereocenters. The number of rotatable bonds is 6. The predicted molar refractivity (Wildman–Crippen MR) is 70.8 cm³/mol.